The number of piperidine rings is 1. The Morgan fingerprint density at radius 3 is 1.89 bits per heavy atom. The highest BCUT2D eigenvalue weighted by molar-refractivity contribution is 6.24. The molecule has 9 rings (SSSR count). The van der Waals surface area contributed by atoms with Crippen LogP contribution in [0.1, 0.15) is 140 Å². The number of aryl methyl sites for hydroxylation is 4. The van der Waals surface area contributed by atoms with Crippen molar-refractivity contribution < 1.29 is 48.2 Å². The van der Waals surface area contributed by atoms with Crippen molar-refractivity contribution in [1.82, 2.24) is 59.5 Å². The third-order valence-electron chi connectivity index (χ3n) is 14.2. The van der Waals surface area contributed by atoms with Gasteiger partial charge in [-0.2, -0.15) is 10.2 Å². The van der Waals surface area contributed by atoms with E-state index in [4.69, 9.17) is 20.4 Å². The number of anilines is 2. The fourth-order valence-electron chi connectivity index (χ4n) is 10.1. The fraction of sp³-hybridized carbons (Fsp3) is 0.368. The lowest BCUT2D eigenvalue weighted by molar-refractivity contribution is -0.136. The summed E-state index contributed by atoms with van der Waals surface area (Å²) in [6.45, 7) is 9.38. The zero-order valence-corrected chi connectivity index (χ0v) is 46.0. The van der Waals surface area contributed by atoms with Gasteiger partial charge in [0.25, 0.3) is 35.4 Å². The molecule has 0 bridgehead atoms. The van der Waals surface area contributed by atoms with Gasteiger partial charge >= 0.3 is 0 Å². The number of nitrogens with two attached hydrogens (primary N) is 1. The van der Waals surface area contributed by atoms with Crippen LogP contribution in [-0.2, 0) is 40.6 Å². The number of hydrogen-bond acceptors (Lipinski definition) is 15. The third-order valence-corrected chi connectivity index (χ3v) is 14.2. The van der Waals surface area contributed by atoms with Crippen molar-refractivity contribution in [2.24, 2.45) is 5.73 Å². The van der Waals surface area contributed by atoms with Crippen LogP contribution in [0.2, 0.25) is 0 Å². The van der Waals surface area contributed by atoms with Crippen LogP contribution >= 0.6 is 0 Å². The van der Waals surface area contributed by atoms with E-state index in [-0.39, 0.29) is 67.2 Å². The molecule has 6 heterocycles. The Morgan fingerprint density at radius 2 is 1.30 bits per heavy atom. The molecule has 2 aliphatic heterocycles. The van der Waals surface area contributed by atoms with Gasteiger partial charge < -0.3 is 35.3 Å². The highest BCUT2D eigenvalue weighted by atomic mass is 16.5. The molecule has 7 aromatic rings. The molecule has 428 valence electrons. The number of fused-ring (bicyclic) bond motifs is 3. The average molecular weight is 1120 g/mol. The van der Waals surface area contributed by atoms with Crippen molar-refractivity contribution in [1.29, 1.82) is 0 Å². The maximum atomic E-state index is 13.8. The monoisotopic (exact) mass is 1120 g/mol. The Balaban J connectivity index is 0.764. The summed E-state index contributed by atoms with van der Waals surface area (Å²) in [5.41, 5.74) is 11.1. The predicted octanol–water partition coefficient (Wildman–Crippen LogP) is 4.81. The van der Waals surface area contributed by atoms with E-state index < -0.39 is 53.6 Å². The Bertz CT molecular complexity index is 3660. The number of nitrogens with one attached hydrogen (secondary N) is 5. The minimum absolute atomic E-state index is 0.00291. The van der Waals surface area contributed by atoms with Gasteiger partial charge in [0, 0.05) is 51.3 Å². The number of amides is 8. The maximum Gasteiger partial charge on any atom is 0.276 e. The van der Waals surface area contributed by atoms with Gasteiger partial charge in [-0.25, -0.2) is 9.97 Å². The number of carbonyl (C=O) groups is 8. The quantitative estimate of drug-likeness (QED) is 0.0175. The summed E-state index contributed by atoms with van der Waals surface area (Å²) in [6.07, 6.45) is 7.64. The van der Waals surface area contributed by atoms with E-state index in [2.05, 4.69) is 36.8 Å². The summed E-state index contributed by atoms with van der Waals surface area (Å²) < 4.78 is 12.6. The number of allylic oxidation sites excluding steroid dienone is 2. The number of hydrogen-bond donors (Lipinski definition) is 7. The molecule has 25 nitrogen and oxygen atoms in total. The molecule has 0 spiro atoms. The van der Waals surface area contributed by atoms with Gasteiger partial charge in [0.1, 0.15) is 29.4 Å². The Kier molecular flexibility index (Phi) is 17.8. The first-order chi connectivity index (χ1) is 39.5. The summed E-state index contributed by atoms with van der Waals surface area (Å²) in [6, 6.07) is 17.1. The van der Waals surface area contributed by atoms with Crippen LogP contribution in [0.3, 0.4) is 0 Å². The van der Waals surface area contributed by atoms with Crippen LogP contribution in [0, 0.1) is 13.8 Å². The van der Waals surface area contributed by atoms with E-state index in [9.17, 15) is 43.5 Å². The van der Waals surface area contributed by atoms with Gasteiger partial charge in [-0.05, 0) is 107 Å². The molecule has 0 saturated carbocycles. The van der Waals surface area contributed by atoms with Crippen LogP contribution < -0.4 is 37.1 Å². The molecular weight excluding hydrogens is 1050 g/mol. The Labute approximate surface area is 470 Å². The van der Waals surface area contributed by atoms with Gasteiger partial charge in [0.2, 0.25) is 23.7 Å². The van der Waals surface area contributed by atoms with E-state index in [1.807, 2.05) is 49.0 Å². The molecule has 8 amide bonds. The first-order valence-electron chi connectivity index (χ1n) is 27.4. The van der Waals surface area contributed by atoms with Crippen molar-refractivity contribution in [2.45, 2.75) is 118 Å². The lowest BCUT2D eigenvalue weighted by atomic mass is 10.0. The number of aromatic nitrogens is 8. The molecular formula is C57H65N15O10. The molecule has 0 radical (unpaired) electrons. The highest BCUT2D eigenvalue weighted by Gasteiger charge is 2.46. The first-order valence-corrected chi connectivity index (χ1v) is 27.4. The molecule has 82 heavy (non-hydrogen) atoms. The molecule has 1 fully saturated rings. The van der Waals surface area contributed by atoms with Gasteiger partial charge in [0.05, 0.1) is 44.6 Å². The second kappa shape index (κ2) is 25.4. The normalized spacial score (nSPS) is 14.7. The summed E-state index contributed by atoms with van der Waals surface area (Å²) in [5.74, 6) is -3.47. The summed E-state index contributed by atoms with van der Waals surface area (Å²) in [5, 5.41) is 32.8. The van der Waals surface area contributed by atoms with Crippen molar-refractivity contribution in [3.05, 3.63) is 124 Å². The zero-order valence-electron chi connectivity index (χ0n) is 46.0. The molecule has 2 atom stereocenters. The van der Waals surface area contributed by atoms with Gasteiger partial charge in [0.15, 0.2) is 6.61 Å². The molecule has 25 heteroatoms. The van der Waals surface area contributed by atoms with Crippen molar-refractivity contribution in [2.75, 3.05) is 30.3 Å². The lowest BCUT2D eigenvalue weighted by Crippen LogP contribution is -2.54. The summed E-state index contributed by atoms with van der Waals surface area (Å²) >= 11 is 0. The number of ether oxygens (including phenoxy) is 1. The standard InChI is InChI=1S/C57H65N15O10/c1-5-70-43(28-33(3)66-70)52(78)64-56-61-38-30-35(49(58)75)18-20-40(38)68(56)26-13-14-27-69-41-21-19-36(31-39(41)62-57(69)65-53(79)44-29-34(4)67-71(44)6-2)50(76)60-25-12-10-8-7-9-11-24-59-47(74)32-82-45-17-15-16-37-48(45)55(81)72(54(37)80)42-22-23-46(73)63-51(42)77/h13-21,28-31,42,49,75H,5-12,22-27,32,58H2,1-4H3,(H,59,74)(H,60,76)(H,61,64,78)(H,62,65,79)(H,63,73,77)/b14-13+. The largest absolute Gasteiger partial charge is 0.483 e. The number of nitrogens with zero attached hydrogens (tertiary/aromatic N) is 9. The summed E-state index contributed by atoms with van der Waals surface area (Å²) in [4.78, 5) is 114. The first kappa shape index (κ1) is 57.3. The Morgan fingerprint density at radius 1 is 0.732 bits per heavy atom. The predicted molar refractivity (Wildman–Crippen MR) is 301 cm³/mol. The van der Waals surface area contributed by atoms with Crippen LogP contribution in [0.4, 0.5) is 11.9 Å². The van der Waals surface area contributed by atoms with Crippen molar-refractivity contribution in [3.8, 4) is 5.75 Å². The van der Waals surface area contributed by atoms with E-state index in [0.717, 1.165) is 43.4 Å². The average Bonchev–Trinajstić information content (AvgIpc) is 4.40. The van der Waals surface area contributed by atoms with E-state index in [1.165, 1.54) is 18.2 Å². The van der Waals surface area contributed by atoms with Crippen molar-refractivity contribution in [3.63, 3.8) is 0 Å². The van der Waals surface area contributed by atoms with Gasteiger partial charge in [-0.3, -0.25) is 68.6 Å². The van der Waals surface area contributed by atoms with Gasteiger partial charge in [-0.1, -0.05) is 50.0 Å². The Hall–Kier alpha value is -9.36. The number of aliphatic hydroxyl groups is 1. The number of unbranched alkanes of at least 4 members (excludes halogenated alkanes) is 5. The number of carbonyl (C=O) groups excluding carboxylic acids is 8. The van der Waals surface area contributed by atoms with Crippen LogP contribution in [0.5, 0.6) is 5.75 Å². The van der Waals surface area contributed by atoms with Crippen LogP contribution in [0.25, 0.3) is 22.1 Å². The third kappa shape index (κ3) is 12.6. The SMILES string of the molecule is CCn1nc(C)cc1C(=O)Nc1nc2cc(C(=O)NCCCCCCCCNC(=O)COc3cccc4c3C(=O)N(C3CCC(=O)NC3=O)C4=O)ccc2n1C/C=C/Cn1c(NC(=O)c2cc(C)nn2CC)nc2cc(C(N)O)ccc21. The summed E-state index contributed by atoms with van der Waals surface area (Å²) in [7, 11) is 0. The maximum absolute atomic E-state index is 13.8. The molecule has 8 N–H and O–H groups in total. The molecule has 3 aromatic carbocycles. The van der Waals surface area contributed by atoms with Crippen molar-refractivity contribution >= 4 is 81.2 Å². The second-order valence-electron chi connectivity index (χ2n) is 20.0. The van der Waals surface area contributed by atoms with Crippen LogP contribution in [-0.4, -0.2) is 122 Å². The molecule has 1 saturated heterocycles. The van der Waals surface area contributed by atoms with Crippen LogP contribution in [0.15, 0.2) is 78.9 Å². The lowest BCUT2D eigenvalue weighted by Gasteiger charge is -2.27. The number of imide groups is 2. The minimum Gasteiger partial charge on any atom is -0.483 e. The highest BCUT2D eigenvalue weighted by Crippen LogP contribution is 2.34. The van der Waals surface area contributed by atoms with E-state index in [0.29, 0.717) is 82.1 Å². The minimum atomic E-state index is -1.22. The van der Waals surface area contributed by atoms with E-state index in [1.54, 1.807) is 57.9 Å². The number of rotatable bonds is 25. The second-order valence-corrected chi connectivity index (χ2v) is 20.0. The van der Waals surface area contributed by atoms with Gasteiger partial charge in [-0.15, -0.1) is 0 Å². The molecule has 0 aliphatic carbocycles. The molecule has 2 aliphatic rings. The smallest absolute Gasteiger partial charge is 0.276 e. The number of aliphatic hydroxyl groups excluding tert-OH is 1. The fourth-order valence-corrected chi connectivity index (χ4v) is 10.1. The topological polar surface area (TPSA) is 327 Å². The molecule has 2 unspecified atom stereocenters. The number of imidazole rings is 2. The van der Waals surface area contributed by atoms with E-state index >= 15 is 0 Å². The zero-order chi connectivity index (χ0) is 58.2. The number of benzene rings is 3. The molecule has 4 aromatic heterocycles.